The van der Waals surface area contributed by atoms with E-state index in [-0.39, 0.29) is 17.8 Å². The molecule has 1 aliphatic heterocycles. The molecule has 24 heavy (non-hydrogen) atoms. The Morgan fingerprint density at radius 3 is 2.79 bits per heavy atom. The molecule has 1 aromatic carbocycles. The van der Waals surface area contributed by atoms with E-state index in [2.05, 4.69) is 9.88 Å². The van der Waals surface area contributed by atoms with Crippen molar-refractivity contribution in [2.75, 3.05) is 13.6 Å². The van der Waals surface area contributed by atoms with Gasteiger partial charge in [-0.2, -0.15) is 0 Å². The van der Waals surface area contributed by atoms with Crippen LogP contribution >= 0.6 is 0 Å². The van der Waals surface area contributed by atoms with Crippen molar-refractivity contribution in [3.05, 3.63) is 59.7 Å². The van der Waals surface area contributed by atoms with Gasteiger partial charge in [-0.25, -0.2) is 4.39 Å². The van der Waals surface area contributed by atoms with E-state index in [4.69, 9.17) is 0 Å². The Kier molecular flexibility index (Phi) is 5.30. The van der Waals surface area contributed by atoms with Crippen molar-refractivity contribution < 1.29 is 9.18 Å². The number of piperidine rings is 1. The number of amides is 1. The molecule has 1 atom stereocenters. The SMILES string of the molecule is CN(Cc1ccc[nH]1)C(=O)[C@@H]1CCCCN1Cc1ccc(F)cc1. The van der Waals surface area contributed by atoms with E-state index in [9.17, 15) is 9.18 Å². The van der Waals surface area contributed by atoms with Crippen molar-refractivity contribution in [1.82, 2.24) is 14.8 Å². The molecule has 1 fully saturated rings. The van der Waals surface area contributed by atoms with E-state index < -0.39 is 0 Å². The number of halogens is 1. The van der Waals surface area contributed by atoms with E-state index in [1.54, 1.807) is 17.0 Å². The number of aromatic amines is 1. The van der Waals surface area contributed by atoms with Crippen LogP contribution in [0, 0.1) is 5.82 Å². The zero-order valence-corrected chi connectivity index (χ0v) is 14.0. The zero-order chi connectivity index (χ0) is 16.9. The van der Waals surface area contributed by atoms with Gasteiger partial charge in [0.2, 0.25) is 5.91 Å². The number of hydrogen-bond donors (Lipinski definition) is 1. The standard InChI is InChI=1S/C19H24FN3O/c1-22(14-17-5-4-11-21-17)19(24)18-6-2-3-12-23(18)13-15-7-9-16(20)10-8-15/h4-5,7-11,18,21H,2-3,6,12-14H2,1H3/t18-/m0/s1. The van der Waals surface area contributed by atoms with Crippen LogP contribution < -0.4 is 0 Å². The highest BCUT2D eigenvalue weighted by molar-refractivity contribution is 5.81. The Hall–Kier alpha value is -2.14. The van der Waals surface area contributed by atoms with Crippen molar-refractivity contribution in [1.29, 1.82) is 0 Å². The summed E-state index contributed by atoms with van der Waals surface area (Å²) in [5, 5.41) is 0. The number of nitrogens with one attached hydrogen (secondary N) is 1. The van der Waals surface area contributed by atoms with Gasteiger partial charge in [-0.1, -0.05) is 18.6 Å². The van der Waals surface area contributed by atoms with Crippen molar-refractivity contribution in [3.8, 4) is 0 Å². The Labute approximate surface area is 142 Å². The Balaban J connectivity index is 1.66. The first-order valence-electron chi connectivity index (χ1n) is 8.49. The number of likely N-dealkylation sites (N-methyl/N-ethyl adjacent to an activating group) is 1. The van der Waals surface area contributed by atoms with Crippen LogP contribution in [-0.4, -0.2) is 40.3 Å². The average Bonchev–Trinajstić information content (AvgIpc) is 3.10. The van der Waals surface area contributed by atoms with Crippen LogP contribution in [-0.2, 0) is 17.9 Å². The number of hydrogen-bond acceptors (Lipinski definition) is 2. The molecular weight excluding hydrogens is 305 g/mol. The van der Waals surface area contributed by atoms with E-state index in [0.29, 0.717) is 13.1 Å². The third-order valence-corrected chi connectivity index (χ3v) is 4.64. The van der Waals surface area contributed by atoms with Gasteiger partial charge in [-0.3, -0.25) is 9.69 Å². The van der Waals surface area contributed by atoms with Gasteiger partial charge in [0.1, 0.15) is 5.82 Å². The molecule has 2 heterocycles. The third-order valence-electron chi connectivity index (χ3n) is 4.64. The summed E-state index contributed by atoms with van der Waals surface area (Å²) in [5.74, 6) is -0.0675. The quantitative estimate of drug-likeness (QED) is 0.915. The van der Waals surface area contributed by atoms with Crippen LogP contribution in [0.1, 0.15) is 30.5 Å². The summed E-state index contributed by atoms with van der Waals surface area (Å²) in [6.45, 7) is 2.18. The molecule has 1 saturated heterocycles. The minimum Gasteiger partial charge on any atom is -0.364 e. The maximum absolute atomic E-state index is 13.1. The fourth-order valence-corrected chi connectivity index (χ4v) is 3.34. The van der Waals surface area contributed by atoms with E-state index >= 15 is 0 Å². The second-order valence-corrected chi connectivity index (χ2v) is 6.50. The van der Waals surface area contributed by atoms with Gasteiger partial charge < -0.3 is 9.88 Å². The molecule has 2 aromatic rings. The van der Waals surface area contributed by atoms with Gasteiger partial charge >= 0.3 is 0 Å². The molecule has 0 radical (unpaired) electrons. The average molecular weight is 329 g/mol. The number of rotatable bonds is 5. The van der Waals surface area contributed by atoms with Crippen LogP contribution in [0.5, 0.6) is 0 Å². The number of benzene rings is 1. The van der Waals surface area contributed by atoms with Crippen LogP contribution in [0.3, 0.4) is 0 Å². The highest BCUT2D eigenvalue weighted by atomic mass is 19.1. The number of carbonyl (C=O) groups is 1. The summed E-state index contributed by atoms with van der Waals surface area (Å²) in [6, 6.07) is 10.4. The first-order valence-corrected chi connectivity index (χ1v) is 8.49. The van der Waals surface area contributed by atoms with Gasteiger partial charge in [-0.15, -0.1) is 0 Å². The number of nitrogens with zero attached hydrogens (tertiary/aromatic N) is 2. The van der Waals surface area contributed by atoms with Crippen LogP contribution in [0.4, 0.5) is 4.39 Å². The predicted molar refractivity (Wildman–Crippen MR) is 91.7 cm³/mol. The second-order valence-electron chi connectivity index (χ2n) is 6.50. The zero-order valence-electron chi connectivity index (χ0n) is 14.0. The molecule has 128 valence electrons. The van der Waals surface area contributed by atoms with Crippen LogP contribution in [0.2, 0.25) is 0 Å². The van der Waals surface area contributed by atoms with Gasteiger partial charge in [0.25, 0.3) is 0 Å². The molecule has 0 bridgehead atoms. The molecule has 0 aliphatic carbocycles. The molecule has 1 amide bonds. The fraction of sp³-hybridized carbons (Fsp3) is 0.421. The summed E-state index contributed by atoms with van der Waals surface area (Å²) in [6.07, 6.45) is 4.93. The lowest BCUT2D eigenvalue weighted by Crippen LogP contribution is -2.49. The summed E-state index contributed by atoms with van der Waals surface area (Å²) in [4.78, 5) is 20.0. The third kappa shape index (κ3) is 4.03. The van der Waals surface area contributed by atoms with Crippen molar-refractivity contribution in [3.63, 3.8) is 0 Å². The molecule has 4 nitrogen and oxygen atoms in total. The van der Waals surface area contributed by atoms with Gasteiger partial charge in [0.15, 0.2) is 0 Å². The Morgan fingerprint density at radius 2 is 2.08 bits per heavy atom. The molecule has 1 N–H and O–H groups in total. The maximum atomic E-state index is 13.1. The highest BCUT2D eigenvalue weighted by Gasteiger charge is 2.30. The molecule has 0 spiro atoms. The van der Waals surface area contributed by atoms with Crippen molar-refractivity contribution in [2.24, 2.45) is 0 Å². The first kappa shape index (κ1) is 16.7. The number of H-pyrrole nitrogens is 1. The molecule has 1 aliphatic rings. The fourth-order valence-electron chi connectivity index (χ4n) is 3.34. The largest absolute Gasteiger partial charge is 0.364 e. The van der Waals surface area contributed by atoms with Crippen molar-refractivity contribution >= 4 is 5.91 Å². The monoisotopic (exact) mass is 329 g/mol. The Morgan fingerprint density at radius 1 is 1.29 bits per heavy atom. The molecule has 1 aromatic heterocycles. The molecule has 5 heteroatoms. The van der Waals surface area contributed by atoms with Crippen LogP contribution in [0.25, 0.3) is 0 Å². The molecular formula is C19H24FN3O. The molecule has 3 rings (SSSR count). The summed E-state index contributed by atoms with van der Waals surface area (Å²) in [5.41, 5.74) is 2.08. The second kappa shape index (κ2) is 7.62. The molecule has 0 unspecified atom stereocenters. The number of aromatic nitrogens is 1. The lowest BCUT2D eigenvalue weighted by Gasteiger charge is -2.36. The van der Waals surface area contributed by atoms with E-state index in [1.165, 1.54) is 12.1 Å². The predicted octanol–water partition coefficient (Wildman–Crippen LogP) is 3.17. The van der Waals surface area contributed by atoms with Gasteiger partial charge in [-0.05, 0) is 49.2 Å². The maximum Gasteiger partial charge on any atom is 0.240 e. The first-order chi connectivity index (χ1) is 11.6. The summed E-state index contributed by atoms with van der Waals surface area (Å²) >= 11 is 0. The minimum absolute atomic E-state index is 0.0937. The normalized spacial score (nSPS) is 18.5. The topological polar surface area (TPSA) is 39.3 Å². The van der Waals surface area contributed by atoms with E-state index in [1.807, 2.05) is 25.4 Å². The van der Waals surface area contributed by atoms with Crippen LogP contribution in [0.15, 0.2) is 42.6 Å². The van der Waals surface area contributed by atoms with Crippen molar-refractivity contribution in [2.45, 2.75) is 38.4 Å². The number of carbonyl (C=O) groups excluding carboxylic acids is 1. The lowest BCUT2D eigenvalue weighted by atomic mass is 10.00. The van der Waals surface area contributed by atoms with E-state index in [0.717, 1.165) is 37.1 Å². The number of likely N-dealkylation sites (tertiary alicyclic amines) is 1. The molecule has 0 saturated carbocycles. The summed E-state index contributed by atoms with van der Waals surface area (Å²) < 4.78 is 13.1. The minimum atomic E-state index is -0.226. The van der Waals surface area contributed by atoms with Gasteiger partial charge in [0.05, 0.1) is 12.6 Å². The van der Waals surface area contributed by atoms with Gasteiger partial charge in [0, 0.05) is 25.5 Å². The smallest absolute Gasteiger partial charge is 0.240 e. The summed E-state index contributed by atoms with van der Waals surface area (Å²) in [7, 11) is 1.86. The lowest BCUT2D eigenvalue weighted by molar-refractivity contribution is -0.137. The highest BCUT2D eigenvalue weighted by Crippen LogP contribution is 2.22. The Bertz CT molecular complexity index is 654.